The molecule has 1 amide bonds. The minimum Gasteiger partial charge on any atom is -0.341 e. The quantitative estimate of drug-likeness (QED) is 0.469. The fourth-order valence-electron chi connectivity index (χ4n) is 2.34. The van der Waals surface area contributed by atoms with E-state index in [1.54, 1.807) is 0 Å². The van der Waals surface area contributed by atoms with Crippen molar-refractivity contribution in [2.75, 3.05) is 13.6 Å². The molecule has 1 fully saturated rings. The Kier molecular flexibility index (Phi) is 4.55. The SMILES string of the molecule is CN(CC1CC(Br)C1)C(=O)c1cc(F)c(F)cc1[N+](=O)[O-]. The first-order valence-electron chi connectivity index (χ1n) is 6.32. The molecule has 8 heteroatoms. The lowest BCUT2D eigenvalue weighted by Gasteiger charge is -2.34. The minimum absolute atomic E-state index is 0.313. The van der Waals surface area contributed by atoms with Gasteiger partial charge in [-0.2, -0.15) is 0 Å². The third-order valence-corrected chi connectivity index (χ3v) is 4.27. The third kappa shape index (κ3) is 3.37. The van der Waals surface area contributed by atoms with E-state index in [-0.39, 0.29) is 0 Å². The Morgan fingerprint density at radius 1 is 1.43 bits per heavy atom. The molecule has 0 aromatic heterocycles. The van der Waals surface area contributed by atoms with Crippen LogP contribution in [0.2, 0.25) is 0 Å². The molecule has 21 heavy (non-hydrogen) atoms. The van der Waals surface area contributed by atoms with Gasteiger partial charge in [0.2, 0.25) is 0 Å². The molecule has 0 radical (unpaired) electrons. The average Bonchev–Trinajstić information content (AvgIpc) is 2.38. The van der Waals surface area contributed by atoms with E-state index in [0.717, 1.165) is 12.8 Å². The number of nitrogens with zero attached hydrogens (tertiary/aromatic N) is 2. The van der Waals surface area contributed by atoms with E-state index < -0.39 is 33.7 Å². The van der Waals surface area contributed by atoms with Gasteiger partial charge in [0.25, 0.3) is 11.6 Å². The molecule has 0 N–H and O–H groups in total. The Morgan fingerprint density at radius 3 is 2.52 bits per heavy atom. The van der Waals surface area contributed by atoms with E-state index in [2.05, 4.69) is 15.9 Å². The first-order valence-corrected chi connectivity index (χ1v) is 7.24. The summed E-state index contributed by atoms with van der Waals surface area (Å²) in [4.78, 5) is 24.0. The van der Waals surface area contributed by atoms with Crippen molar-refractivity contribution in [3.05, 3.63) is 39.4 Å². The van der Waals surface area contributed by atoms with Crippen LogP contribution in [0, 0.1) is 27.7 Å². The van der Waals surface area contributed by atoms with Crippen LogP contribution in [-0.2, 0) is 0 Å². The van der Waals surface area contributed by atoms with Crippen molar-refractivity contribution in [2.45, 2.75) is 17.7 Å². The molecule has 0 atom stereocenters. The van der Waals surface area contributed by atoms with Crippen molar-refractivity contribution in [2.24, 2.45) is 5.92 Å². The molecule has 0 unspecified atom stereocenters. The summed E-state index contributed by atoms with van der Waals surface area (Å²) in [6, 6.07) is 1.02. The topological polar surface area (TPSA) is 63.5 Å². The van der Waals surface area contributed by atoms with E-state index in [0.29, 0.717) is 29.4 Å². The Morgan fingerprint density at radius 2 is 2.00 bits per heavy atom. The van der Waals surface area contributed by atoms with Gasteiger partial charge in [-0.15, -0.1) is 0 Å². The summed E-state index contributed by atoms with van der Waals surface area (Å²) in [5.41, 5.74) is -1.16. The van der Waals surface area contributed by atoms with Crippen LogP contribution in [0.25, 0.3) is 0 Å². The molecule has 1 aliphatic carbocycles. The fraction of sp³-hybridized carbons (Fsp3) is 0.462. The number of nitro groups is 1. The Labute approximate surface area is 128 Å². The molecule has 1 aromatic carbocycles. The summed E-state index contributed by atoms with van der Waals surface area (Å²) >= 11 is 3.44. The molecule has 2 rings (SSSR count). The van der Waals surface area contributed by atoms with Gasteiger partial charge < -0.3 is 4.90 Å². The normalized spacial score (nSPS) is 20.8. The molecule has 0 heterocycles. The van der Waals surface area contributed by atoms with Gasteiger partial charge in [0.05, 0.1) is 11.0 Å². The van der Waals surface area contributed by atoms with Crippen LogP contribution in [0.4, 0.5) is 14.5 Å². The molecule has 114 valence electrons. The van der Waals surface area contributed by atoms with E-state index in [1.165, 1.54) is 11.9 Å². The van der Waals surface area contributed by atoms with E-state index in [4.69, 9.17) is 0 Å². The van der Waals surface area contributed by atoms with Gasteiger partial charge in [-0.3, -0.25) is 14.9 Å². The van der Waals surface area contributed by atoms with E-state index in [1.807, 2.05) is 0 Å². The van der Waals surface area contributed by atoms with Crippen molar-refractivity contribution in [1.29, 1.82) is 0 Å². The number of rotatable bonds is 4. The number of hydrogen-bond donors (Lipinski definition) is 0. The summed E-state index contributed by atoms with van der Waals surface area (Å²) in [6.07, 6.45) is 1.83. The lowest BCUT2D eigenvalue weighted by Crippen LogP contribution is -2.38. The molecule has 0 spiro atoms. The van der Waals surface area contributed by atoms with Crippen LogP contribution < -0.4 is 0 Å². The zero-order valence-electron chi connectivity index (χ0n) is 11.2. The smallest absolute Gasteiger partial charge is 0.285 e. The van der Waals surface area contributed by atoms with Crippen LogP contribution in [0.5, 0.6) is 0 Å². The molecule has 1 aromatic rings. The van der Waals surface area contributed by atoms with Gasteiger partial charge in [0, 0.05) is 18.4 Å². The van der Waals surface area contributed by atoms with Crippen LogP contribution in [0.3, 0.4) is 0 Å². The summed E-state index contributed by atoms with van der Waals surface area (Å²) in [5.74, 6) is -2.99. The highest BCUT2D eigenvalue weighted by atomic mass is 79.9. The van der Waals surface area contributed by atoms with E-state index in [9.17, 15) is 23.7 Å². The number of nitro benzene ring substituents is 1. The molecule has 1 saturated carbocycles. The van der Waals surface area contributed by atoms with E-state index >= 15 is 0 Å². The van der Waals surface area contributed by atoms with Gasteiger partial charge in [-0.05, 0) is 24.8 Å². The number of amides is 1. The van der Waals surface area contributed by atoms with Crippen molar-refractivity contribution < 1.29 is 18.5 Å². The summed E-state index contributed by atoms with van der Waals surface area (Å²) in [7, 11) is 1.49. The first kappa shape index (κ1) is 15.8. The van der Waals surface area contributed by atoms with Gasteiger partial charge >= 0.3 is 0 Å². The van der Waals surface area contributed by atoms with Crippen molar-refractivity contribution >= 4 is 27.5 Å². The monoisotopic (exact) mass is 362 g/mol. The maximum Gasteiger partial charge on any atom is 0.285 e. The number of carbonyl (C=O) groups excluding carboxylic acids is 1. The van der Waals surface area contributed by atoms with Crippen LogP contribution in [-0.4, -0.2) is 34.2 Å². The standard InChI is InChI=1S/C13H13BrF2N2O3/c1-17(6-7-2-8(14)3-7)13(19)9-4-10(15)11(16)5-12(9)18(20)21/h4-5,7-8H,2-3,6H2,1H3. The van der Waals surface area contributed by atoms with Gasteiger partial charge in [0.1, 0.15) is 5.56 Å². The molecule has 0 bridgehead atoms. The molecule has 0 aliphatic heterocycles. The Hall–Kier alpha value is -1.57. The number of hydrogen-bond acceptors (Lipinski definition) is 3. The van der Waals surface area contributed by atoms with Crippen LogP contribution in [0.15, 0.2) is 12.1 Å². The molecular weight excluding hydrogens is 350 g/mol. The zero-order chi connectivity index (χ0) is 15.7. The predicted octanol–water partition coefficient (Wildman–Crippen LogP) is 3.12. The number of halogens is 3. The van der Waals surface area contributed by atoms with Crippen molar-refractivity contribution in [1.82, 2.24) is 4.90 Å². The second-order valence-electron chi connectivity index (χ2n) is 5.16. The fourth-order valence-corrected chi connectivity index (χ4v) is 3.40. The average molecular weight is 363 g/mol. The second-order valence-corrected chi connectivity index (χ2v) is 6.46. The van der Waals surface area contributed by atoms with Crippen LogP contribution >= 0.6 is 15.9 Å². The Balaban J connectivity index is 2.21. The highest BCUT2D eigenvalue weighted by molar-refractivity contribution is 9.09. The van der Waals surface area contributed by atoms with Crippen LogP contribution in [0.1, 0.15) is 23.2 Å². The minimum atomic E-state index is -1.35. The molecular formula is C13H13BrF2N2O3. The summed E-state index contributed by atoms with van der Waals surface area (Å²) in [6.45, 7) is 0.428. The highest BCUT2D eigenvalue weighted by Crippen LogP contribution is 2.34. The third-order valence-electron chi connectivity index (χ3n) is 3.52. The Bertz CT molecular complexity index is 591. The van der Waals surface area contributed by atoms with Gasteiger partial charge in [0.15, 0.2) is 11.6 Å². The molecule has 0 saturated heterocycles. The number of benzene rings is 1. The predicted molar refractivity (Wildman–Crippen MR) is 75.4 cm³/mol. The lowest BCUT2D eigenvalue weighted by atomic mass is 9.85. The highest BCUT2D eigenvalue weighted by Gasteiger charge is 2.31. The van der Waals surface area contributed by atoms with Crippen molar-refractivity contribution in [3.63, 3.8) is 0 Å². The van der Waals surface area contributed by atoms with Crippen molar-refractivity contribution in [3.8, 4) is 0 Å². The number of alkyl halides is 1. The first-order chi connectivity index (χ1) is 9.79. The van der Waals surface area contributed by atoms with Gasteiger partial charge in [-0.1, -0.05) is 15.9 Å². The molecule has 1 aliphatic rings. The number of carbonyl (C=O) groups is 1. The zero-order valence-corrected chi connectivity index (χ0v) is 12.8. The lowest BCUT2D eigenvalue weighted by molar-refractivity contribution is -0.385. The van der Waals surface area contributed by atoms with Gasteiger partial charge in [-0.25, -0.2) is 8.78 Å². The molecule has 5 nitrogen and oxygen atoms in total. The maximum absolute atomic E-state index is 13.3. The second kappa shape index (κ2) is 6.05. The summed E-state index contributed by atoms with van der Waals surface area (Å²) < 4.78 is 26.4. The maximum atomic E-state index is 13.3. The summed E-state index contributed by atoms with van der Waals surface area (Å²) in [5, 5.41) is 10.9. The largest absolute Gasteiger partial charge is 0.341 e.